The summed E-state index contributed by atoms with van der Waals surface area (Å²) in [5.74, 6) is 0. The monoisotopic (exact) mass is 324 g/mol. The number of hydrogen-bond donors (Lipinski definition) is 1. The summed E-state index contributed by atoms with van der Waals surface area (Å²) in [6.07, 6.45) is 1.45. The average Bonchev–Trinajstić information content (AvgIpc) is 2.63. The minimum absolute atomic E-state index is 0.00777. The van der Waals surface area contributed by atoms with Crippen molar-refractivity contribution in [3.8, 4) is 0 Å². The predicted octanol–water partition coefficient (Wildman–Crippen LogP) is 3.60. The first kappa shape index (κ1) is 16.5. The number of likely N-dealkylation sites (tertiary alicyclic amines) is 1. The Kier molecular flexibility index (Phi) is 5.49. The number of carbonyl (C=O) groups is 1. The number of rotatable bonds is 4. The number of hydrogen-bond acceptors (Lipinski definition) is 3. The number of amides is 1. The van der Waals surface area contributed by atoms with Crippen molar-refractivity contribution in [1.82, 2.24) is 10.2 Å². The summed E-state index contributed by atoms with van der Waals surface area (Å²) >= 11 is 0. The second kappa shape index (κ2) is 7.97. The summed E-state index contributed by atoms with van der Waals surface area (Å²) in [5, 5.41) is 3.03. The largest absolute Gasteiger partial charge is 0.446 e. The van der Waals surface area contributed by atoms with Gasteiger partial charge in [-0.25, -0.2) is 4.79 Å². The number of carbonyl (C=O) groups excluding carboxylic acids is 1. The molecule has 3 rings (SSSR count). The molecule has 4 heteroatoms. The first-order chi connectivity index (χ1) is 11.7. The molecule has 0 spiro atoms. The summed E-state index contributed by atoms with van der Waals surface area (Å²) in [6.45, 7) is 1.94. The molecule has 0 atom stereocenters. The molecule has 1 aliphatic rings. The second-order valence-electron chi connectivity index (χ2n) is 6.31. The van der Waals surface area contributed by atoms with E-state index in [0.29, 0.717) is 0 Å². The number of benzene rings is 2. The van der Waals surface area contributed by atoms with E-state index in [1.165, 1.54) is 0 Å². The van der Waals surface area contributed by atoms with Gasteiger partial charge in [0, 0.05) is 13.1 Å². The summed E-state index contributed by atoms with van der Waals surface area (Å²) in [6, 6.07) is 19.8. The van der Waals surface area contributed by atoms with Crippen molar-refractivity contribution >= 4 is 6.09 Å². The van der Waals surface area contributed by atoms with E-state index in [9.17, 15) is 4.79 Å². The van der Waals surface area contributed by atoms with Crippen molar-refractivity contribution in [3.05, 3.63) is 71.8 Å². The maximum Gasteiger partial charge on any atom is 0.408 e. The first-order valence-corrected chi connectivity index (χ1v) is 8.48. The van der Waals surface area contributed by atoms with Crippen LogP contribution in [0.2, 0.25) is 0 Å². The molecule has 126 valence electrons. The number of nitrogens with one attached hydrogen (secondary N) is 1. The van der Waals surface area contributed by atoms with Crippen molar-refractivity contribution in [2.75, 3.05) is 20.1 Å². The molecule has 0 bridgehead atoms. The summed E-state index contributed by atoms with van der Waals surface area (Å²) in [7, 11) is 2.09. The smallest absolute Gasteiger partial charge is 0.408 e. The summed E-state index contributed by atoms with van der Waals surface area (Å²) in [4.78, 5) is 14.7. The maximum atomic E-state index is 12.4. The van der Waals surface area contributed by atoms with E-state index in [2.05, 4.69) is 17.3 Å². The molecular formula is C20H24N2O2. The van der Waals surface area contributed by atoms with Gasteiger partial charge in [-0.1, -0.05) is 60.7 Å². The molecule has 1 fully saturated rings. The molecule has 2 aromatic carbocycles. The number of ether oxygens (including phenoxy) is 1. The zero-order valence-corrected chi connectivity index (χ0v) is 14.0. The Hall–Kier alpha value is -2.33. The molecule has 1 heterocycles. The molecule has 2 aromatic rings. The highest BCUT2D eigenvalue weighted by molar-refractivity contribution is 5.69. The van der Waals surface area contributed by atoms with Gasteiger partial charge in [-0.2, -0.15) is 0 Å². The lowest BCUT2D eigenvalue weighted by Gasteiger charge is -2.29. The third-order valence-electron chi connectivity index (χ3n) is 4.47. The molecule has 24 heavy (non-hydrogen) atoms. The Morgan fingerprint density at radius 3 is 2.00 bits per heavy atom. The molecular weight excluding hydrogens is 300 g/mol. The van der Waals surface area contributed by atoms with E-state index >= 15 is 0 Å². The third-order valence-corrected chi connectivity index (χ3v) is 4.47. The Labute approximate surface area is 143 Å². The van der Waals surface area contributed by atoms with Crippen LogP contribution in [0.5, 0.6) is 0 Å². The van der Waals surface area contributed by atoms with Gasteiger partial charge in [0.1, 0.15) is 6.10 Å². The van der Waals surface area contributed by atoms with Gasteiger partial charge >= 0.3 is 6.09 Å². The summed E-state index contributed by atoms with van der Waals surface area (Å²) in [5.41, 5.74) is 2.09. The van der Waals surface area contributed by atoms with Gasteiger partial charge in [0.2, 0.25) is 0 Å². The zero-order chi connectivity index (χ0) is 16.8. The van der Waals surface area contributed by atoms with Gasteiger partial charge in [0.15, 0.2) is 0 Å². The Morgan fingerprint density at radius 1 is 1.00 bits per heavy atom. The van der Waals surface area contributed by atoms with Gasteiger partial charge in [0.05, 0.1) is 6.04 Å². The third kappa shape index (κ3) is 4.36. The van der Waals surface area contributed by atoms with Crippen molar-refractivity contribution in [2.24, 2.45) is 0 Å². The first-order valence-electron chi connectivity index (χ1n) is 8.48. The van der Waals surface area contributed by atoms with E-state index in [1.807, 2.05) is 60.7 Å². The van der Waals surface area contributed by atoms with Crippen molar-refractivity contribution in [2.45, 2.75) is 25.0 Å². The van der Waals surface area contributed by atoms with Gasteiger partial charge in [-0.3, -0.25) is 0 Å². The van der Waals surface area contributed by atoms with Crippen LogP contribution >= 0.6 is 0 Å². The van der Waals surface area contributed by atoms with E-state index < -0.39 is 0 Å². The van der Waals surface area contributed by atoms with Crippen molar-refractivity contribution in [3.63, 3.8) is 0 Å². The standard InChI is InChI=1S/C20H24N2O2/c1-22-14-12-18(13-15-22)24-20(23)21-19(16-8-4-2-5-9-16)17-10-6-3-7-11-17/h2-11,18-19H,12-15H2,1H3,(H,21,23). The maximum absolute atomic E-state index is 12.4. The van der Waals surface area contributed by atoms with E-state index in [1.54, 1.807) is 0 Å². The van der Waals surface area contributed by atoms with Crippen LogP contribution < -0.4 is 5.32 Å². The van der Waals surface area contributed by atoms with E-state index in [0.717, 1.165) is 37.1 Å². The lowest BCUT2D eigenvalue weighted by atomic mass is 9.99. The van der Waals surface area contributed by atoms with Crippen LogP contribution in [0.15, 0.2) is 60.7 Å². The van der Waals surface area contributed by atoms with Crippen molar-refractivity contribution < 1.29 is 9.53 Å². The Bertz CT molecular complexity index is 598. The fourth-order valence-electron chi connectivity index (χ4n) is 3.06. The molecule has 0 saturated carbocycles. The number of piperidine rings is 1. The molecule has 1 N–H and O–H groups in total. The molecule has 0 unspecified atom stereocenters. The van der Waals surface area contributed by atoms with Crippen LogP contribution in [0, 0.1) is 0 Å². The minimum atomic E-state index is -0.345. The summed E-state index contributed by atoms with van der Waals surface area (Å²) < 4.78 is 5.64. The van der Waals surface area contributed by atoms with Gasteiger partial charge < -0.3 is 15.0 Å². The number of alkyl carbamates (subject to hydrolysis) is 1. The molecule has 0 aliphatic carbocycles. The van der Waals surface area contributed by atoms with Gasteiger partial charge in [0.25, 0.3) is 0 Å². The lowest BCUT2D eigenvalue weighted by molar-refractivity contribution is 0.0559. The van der Waals surface area contributed by atoms with Crippen LogP contribution in [0.3, 0.4) is 0 Å². The topological polar surface area (TPSA) is 41.6 Å². The van der Waals surface area contributed by atoms with E-state index in [4.69, 9.17) is 4.74 Å². The van der Waals surface area contributed by atoms with E-state index in [-0.39, 0.29) is 18.2 Å². The fourth-order valence-corrected chi connectivity index (χ4v) is 3.06. The Morgan fingerprint density at radius 2 is 1.50 bits per heavy atom. The van der Waals surface area contributed by atoms with Crippen molar-refractivity contribution in [1.29, 1.82) is 0 Å². The second-order valence-corrected chi connectivity index (χ2v) is 6.31. The lowest BCUT2D eigenvalue weighted by Crippen LogP contribution is -2.38. The zero-order valence-electron chi connectivity index (χ0n) is 14.0. The van der Waals surface area contributed by atoms with Gasteiger partial charge in [-0.15, -0.1) is 0 Å². The van der Waals surface area contributed by atoms with Crippen LogP contribution in [-0.4, -0.2) is 37.2 Å². The quantitative estimate of drug-likeness (QED) is 0.934. The van der Waals surface area contributed by atoms with Crippen LogP contribution in [0.1, 0.15) is 30.0 Å². The fraction of sp³-hybridized carbons (Fsp3) is 0.350. The molecule has 1 amide bonds. The molecule has 0 radical (unpaired) electrons. The average molecular weight is 324 g/mol. The SMILES string of the molecule is CN1CCC(OC(=O)NC(c2ccccc2)c2ccccc2)CC1. The van der Waals surface area contributed by atoms with Crippen LogP contribution in [0.25, 0.3) is 0 Å². The van der Waals surface area contributed by atoms with Gasteiger partial charge in [-0.05, 0) is 31.0 Å². The highest BCUT2D eigenvalue weighted by Crippen LogP contribution is 2.22. The molecule has 0 aromatic heterocycles. The highest BCUT2D eigenvalue weighted by Gasteiger charge is 2.23. The Balaban J connectivity index is 1.69. The highest BCUT2D eigenvalue weighted by atomic mass is 16.6. The van der Waals surface area contributed by atoms with Crippen LogP contribution in [0.4, 0.5) is 4.79 Å². The molecule has 1 saturated heterocycles. The molecule has 1 aliphatic heterocycles. The molecule has 4 nitrogen and oxygen atoms in total. The minimum Gasteiger partial charge on any atom is -0.446 e. The van der Waals surface area contributed by atoms with Crippen LogP contribution in [-0.2, 0) is 4.74 Å². The predicted molar refractivity (Wildman–Crippen MR) is 94.9 cm³/mol. The number of nitrogens with zero attached hydrogens (tertiary/aromatic N) is 1. The normalized spacial score (nSPS) is 16.1.